The van der Waals surface area contributed by atoms with Crippen molar-refractivity contribution in [2.75, 3.05) is 23.3 Å². The molecule has 7 heteroatoms. The Morgan fingerprint density at radius 1 is 1.15 bits per heavy atom. The van der Waals surface area contributed by atoms with Gasteiger partial charge in [0.15, 0.2) is 0 Å². The Hall–Kier alpha value is -2.18. The smallest absolute Gasteiger partial charge is 0.255 e. The number of carbonyl (C=O) groups is 1. The normalized spacial score (nSPS) is 20.3. The van der Waals surface area contributed by atoms with Gasteiger partial charge < -0.3 is 15.3 Å². The molecule has 2 atom stereocenters. The maximum absolute atomic E-state index is 14.4. The molecule has 1 saturated heterocycles. The molecule has 27 heavy (non-hydrogen) atoms. The van der Waals surface area contributed by atoms with Crippen LogP contribution in [-0.2, 0) is 0 Å². The Bertz CT molecular complexity index is 835. The van der Waals surface area contributed by atoms with Crippen molar-refractivity contribution in [1.82, 2.24) is 0 Å². The number of nitrogens with zero attached hydrogens (tertiary/aromatic N) is 1. The van der Waals surface area contributed by atoms with Gasteiger partial charge in [-0.25, -0.2) is 8.78 Å². The van der Waals surface area contributed by atoms with Crippen LogP contribution in [0.15, 0.2) is 36.4 Å². The van der Waals surface area contributed by atoms with E-state index < -0.39 is 23.6 Å². The number of hydrogen-bond acceptors (Lipinski definition) is 3. The lowest BCUT2D eigenvalue weighted by Crippen LogP contribution is -2.26. The van der Waals surface area contributed by atoms with Gasteiger partial charge in [0.05, 0.1) is 16.8 Å². The largest absolute Gasteiger partial charge is 0.393 e. The molecule has 3 rings (SSSR count). The third kappa shape index (κ3) is 4.57. The van der Waals surface area contributed by atoms with E-state index in [1.807, 2.05) is 11.8 Å². The number of rotatable bonds is 3. The van der Waals surface area contributed by atoms with Crippen molar-refractivity contribution in [3.63, 3.8) is 0 Å². The number of benzene rings is 2. The van der Waals surface area contributed by atoms with E-state index >= 15 is 0 Å². The Morgan fingerprint density at radius 3 is 2.59 bits per heavy atom. The van der Waals surface area contributed by atoms with Gasteiger partial charge >= 0.3 is 0 Å². The molecule has 0 saturated carbocycles. The minimum absolute atomic E-state index is 0.0927. The summed E-state index contributed by atoms with van der Waals surface area (Å²) in [5.41, 5.74) is 0.967. The predicted molar refractivity (Wildman–Crippen MR) is 102 cm³/mol. The van der Waals surface area contributed by atoms with Crippen LogP contribution >= 0.6 is 11.6 Å². The summed E-state index contributed by atoms with van der Waals surface area (Å²) in [6.07, 6.45) is 0.878. The number of nitrogens with one attached hydrogen (secondary N) is 1. The summed E-state index contributed by atoms with van der Waals surface area (Å²) < 4.78 is 27.6. The lowest BCUT2D eigenvalue weighted by atomic mass is 10.0. The van der Waals surface area contributed by atoms with Crippen LogP contribution in [0, 0.1) is 17.6 Å². The fourth-order valence-electron chi connectivity index (χ4n) is 3.15. The molecule has 0 aromatic heterocycles. The SMILES string of the molecule is CC1CCN(c2cc(C(=O)Nc3ccc(F)c(Cl)c3)ccc2F)CCC1O. The van der Waals surface area contributed by atoms with Crippen LogP contribution < -0.4 is 10.2 Å². The van der Waals surface area contributed by atoms with Gasteiger partial charge in [-0.3, -0.25) is 4.79 Å². The van der Waals surface area contributed by atoms with Gasteiger partial charge in [-0.2, -0.15) is 0 Å². The summed E-state index contributed by atoms with van der Waals surface area (Å²) in [5.74, 6) is -1.29. The second kappa shape index (κ2) is 8.23. The average molecular weight is 395 g/mol. The molecule has 2 N–H and O–H groups in total. The van der Waals surface area contributed by atoms with Crippen molar-refractivity contribution in [1.29, 1.82) is 0 Å². The zero-order chi connectivity index (χ0) is 19.6. The minimum atomic E-state index is -0.573. The lowest BCUT2D eigenvalue weighted by Gasteiger charge is -2.23. The third-order valence-corrected chi connectivity index (χ3v) is 5.22. The van der Waals surface area contributed by atoms with E-state index in [-0.39, 0.29) is 16.5 Å². The van der Waals surface area contributed by atoms with Gasteiger partial charge in [0.2, 0.25) is 0 Å². The predicted octanol–water partition coefficient (Wildman–Crippen LogP) is 4.47. The van der Waals surface area contributed by atoms with Crippen LogP contribution in [0.1, 0.15) is 30.1 Å². The van der Waals surface area contributed by atoms with E-state index in [4.69, 9.17) is 11.6 Å². The molecular formula is C20H21ClF2N2O2. The van der Waals surface area contributed by atoms with Crippen molar-refractivity contribution >= 4 is 28.9 Å². The summed E-state index contributed by atoms with van der Waals surface area (Å²) in [6.45, 7) is 3.09. The van der Waals surface area contributed by atoms with Crippen LogP contribution in [0.5, 0.6) is 0 Å². The molecule has 1 fully saturated rings. The van der Waals surface area contributed by atoms with Gasteiger partial charge in [-0.15, -0.1) is 0 Å². The first-order chi connectivity index (χ1) is 12.8. The molecule has 1 heterocycles. The number of halogens is 3. The fourth-order valence-corrected chi connectivity index (χ4v) is 3.33. The monoisotopic (exact) mass is 394 g/mol. The topological polar surface area (TPSA) is 52.6 Å². The standard InChI is InChI=1S/C20H21ClF2N2O2/c1-12-6-8-25(9-7-19(12)26)18-10-13(2-4-17(18)23)20(27)24-14-3-5-16(22)15(21)11-14/h2-5,10-12,19,26H,6-9H2,1H3,(H,24,27). The number of amides is 1. The third-order valence-electron chi connectivity index (χ3n) is 4.93. The quantitative estimate of drug-likeness (QED) is 0.807. The number of aliphatic hydroxyl groups is 1. The second-order valence-electron chi connectivity index (χ2n) is 6.86. The molecule has 1 amide bonds. The Labute approximate surface area is 161 Å². The molecule has 0 spiro atoms. The first-order valence-corrected chi connectivity index (χ1v) is 9.22. The van der Waals surface area contributed by atoms with Crippen molar-refractivity contribution < 1.29 is 18.7 Å². The van der Waals surface area contributed by atoms with Crippen LogP contribution in [0.4, 0.5) is 20.2 Å². The minimum Gasteiger partial charge on any atom is -0.393 e. The highest BCUT2D eigenvalue weighted by atomic mass is 35.5. The maximum Gasteiger partial charge on any atom is 0.255 e. The first kappa shape index (κ1) is 19.6. The maximum atomic E-state index is 14.4. The molecule has 1 aliphatic rings. The highest BCUT2D eigenvalue weighted by Crippen LogP contribution is 2.27. The zero-order valence-corrected chi connectivity index (χ0v) is 15.6. The molecule has 0 aliphatic carbocycles. The molecule has 0 bridgehead atoms. The summed E-state index contributed by atoms with van der Waals surface area (Å²) in [7, 11) is 0. The summed E-state index contributed by atoms with van der Waals surface area (Å²) in [6, 6.07) is 8.04. The summed E-state index contributed by atoms with van der Waals surface area (Å²) in [5, 5.41) is 12.6. The first-order valence-electron chi connectivity index (χ1n) is 8.84. The van der Waals surface area contributed by atoms with Gasteiger partial charge in [0.25, 0.3) is 5.91 Å². The molecule has 144 valence electrons. The Morgan fingerprint density at radius 2 is 1.85 bits per heavy atom. The van der Waals surface area contributed by atoms with Crippen LogP contribution in [0.2, 0.25) is 5.02 Å². The van der Waals surface area contributed by atoms with Crippen LogP contribution in [0.25, 0.3) is 0 Å². The molecule has 0 radical (unpaired) electrons. The van der Waals surface area contributed by atoms with Gasteiger partial charge in [-0.05, 0) is 55.2 Å². The summed E-state index contributed by atoms with van der Waals surface area (Å²) in [4.78, 5) is 14.4. The van der Waals surface area contributed by atoms with E-state index in [0.29, 0.717) is 30.9 Å². The number of anilines is 2. The van der Waals surface area contributed by atoms with Gasteiger partial charge in [0, 0.05) is 24.3 Å². The number of aliphatic hydroxyl groups excluding tert-OH is 1. The molecule has 1 aliphatic heterocycles. The molecule has 2 aromatic carbocycles. The summed E-state index contributed by atoms with van der Waals surface area (Å²) >= 11 is 5.73. The van der Waals surface area contributed by atoms with Crippen LogP contribution in [-0.4, -0.2) is 30.2 Å². The second-order valence-corrected chi connectivity index (χ2v) is 7.27. The van der Waals surface area contributed by atoms with Crippen molar-refractivity contribution in [2.45, 2.75) is 25.9 Å². The van der Waals surface area contributed by atoms with E-state index in [2.05, 4.69) is 5.32 Å². The Kier molecular flexibility index (Phi) is 5.97. The van der Waals surface area contributed by atoms with Crippen LogP contribution in [0.3, 0.4) is 0 Å². The van der Waals surface area contributed by atoms with Gasteiger partial charge in [-0.1, -0.05) is 18.5 Å². The Balaban J connectivity index is 1.79. The van der Waals surface area contributed by atoms with Crippen molar-refractivity contribution in [2.24, 2.45) is 5.92 Å². The molecule has 2 aromatic rings. The number of carbonyl (C=O) groups excluding carboxylic acids is 1. The van der Waals surface area contributed by atoms with Crippen molar-refractivity contribution in [3.8, 4) is 0 Å². The zero-order valence-electron chi connectivity index (χ0n) is 14.9. The molecular weight excluding hydrogens is 374 g/mol. The van der Waals surface area contributed by atoms with E-state index in [0.717, 1.165) is 12.5 Å². The average Bonchev–Trinajstić information content (AvgIpc) is 2.80. The number of hydrogen-bond donors (Lipinski definition) is 2. The van der Waals surface area contributed by atoms with Gasteiger partial charge in [0.1, 0.15) is 11.6 Å². The van der Waals surface area contributed by atoms with E-state index in [1.54, 1.807) is 0 Å². The van der Waals surface area contributed by atoms with E-state index in [9.17, 15) is 18.7 Å². The molecule has 2 unspecified atom stereocenters. The van der Waals surface area contributed by atoms with Crippen molar-refractivity contribution in [3.05, 3.63) is 58.6 Å². The lowest BCUT2D eigenvalue weighted by molar-refractivity contribution is 0.102. The highest BCUT2D eigenvalue weighted by Gasteiger charge is 2.23. The highest BCUT2D eigenvalue weighted by molar-refractivity contribution is 6.31. The fraction of sp³-hybridized carbons (Fsp3) is 0.350. The van der Waals surface area contributed by atoms with E-state index in [1.165, 1.54) is 30.3 Å². The molecule has 4 nitrogen and oxygen atoms in total.